The second-order valence-electron chi connectivity index (χ2n) is 17.5. The number of fused-ring (bicyclic) bond motifs is 1. The summed E-state index contributed by atoms with van der Waals surface area (Å²) in [5, 5.41) is 0. The van der Waals surface area contributed by atoms with Gasteiger partial charge in [-0.1, -0.05) is 137 Å². The Hall–Kier alpha value is -1.63. The zero-order valence-corrected chi connectivity index (χ0v) is 35.8. The van der Waals surface area contributed by atoms with Gasteiger partial charge in [0.1, 0.15) is 0 Å². The van der Waals surface area contributed by atoms with Crippen LogP contribution in [0.15, 0.2) is 0 Å². The van der Waals surface area contributed by atoms with Gasteiger partial charge in [-0.05, 0) is 88.9 Å². The Morgan fingerprint density at radius 1 is 0.630 bits per heavy atom. The van der Waals surface area contributed by atoms with E-state index < -0.39 is 0 Å². The van der Waals surface area contributed by atoms with Crippen LogP contribution in [0.3, 0.4) is 0 Å². The number of esters is 2. The van der Waals surface area contributed by atoms with Crippen LogP contribution in [0.5, 0.6) is 0 Å². The van der Waals surface area contributed by atoms with Gasteiger partial charge in [0.15, 0.2) is 0 Å². The summed E-state index contributed by atoms with van der Waals surface area (Å²) < 4.78 is 17.7. The maximum atomic E-state index is 13.6. The van der Waals surface area contributed by atoms with Crippen molar-refractivity contribution in [3.05, 3.63) is 0 Å². The van der Waals surface area contributed by atoms with Gasteiger partial charge in [0, 0.05) is 19.0 Å². The molecule has 7 heteroatoms. The smallest absolute Gasteiger partial charge is 0.308 e. The summed E-state index contributed by atoms with van der Waals surface area (Å²) in [5.41, 5.74) is 0. The molecule has 1 amide bonds. The highest BCUT2D eigenvalue weighted by molar-refractivity contribution is 5.78. The van der Waals surface area contributed by atoms with E-state index in [0.29, 0.717) is 37.8 Å². The number of unbranched alkanes of at least 4 members (excludes halogenated alkanes) is 12. The predicted octanol–water partition coefficient (Wildman–Crippen LogP) is 12.3. The highest BCUT2D eigenvalue weighted by atomic mass is 16.6. The van der Waals surface area contributed by atoms with Crippen LogP contribution in [0.2, 0.25) is 0 Å². The molecule has 0 aromatic rings. The minimum atomic E-state index is -0.157. The lowest BCUT2D eigenvalue weighted by atomic mass is 9.76. The lowest BCUT2D eigenvalue weighted by Crippen LogP contribution is -2.35. The maximum absolute atomic E-state index is 13.6. The molecule has 2 aliphatic heterocycles. The van der Waals surface area contributed by atoms with Crippen molar-refractivity contribution in [3.8, 4) is 0 Å². The van der Waals surface area contributed by atoms with Crippen LogP contribution in [-0.4, -0.2) is 60.8 Å². The van der Waals surface area contributed by atoms with E-state index in [4.69, 9.17) is 14.2 Å². The van der Waals surface area contributed by atoms with Gasteiger partial charge in [-0.15, -0.1) is 0 Å². The number of carbonyl (C=O) groups is 3. The first-order valence-electron chi connectivity index (χ1n) is 23.7. The molecule has 0 radical (unpaired) electrons. The third-order valence-electron chi connectivity index (χ3n) is 13.2. The van der Waals surface area contributed by atoms with Crippen molar-refractivity contribution in [2.24, 2.45) is 23.7 Å². The SMILES string of the molecule is CCCCCCCCCCOC(=O)C(CCCC(CCCC(CC)N1CCCC1=O)C(=O)OCCCCCCCC)CCCC(CC)C1CCC2OC2C1. The molecule has 0 bridgehead atoms. The van der Waals surface area contributed by atoms with E-state index in [1.807, 2.05) is 0 Å². The van der Waals surface area contributed by atoms with Gasteiger partial charge in [-0.3, -0.25) is 14.4 Å². The largest absolute Gasteiger partial charge is 0.465 e. The van der Waals surface area contributed by atoms with Crippen LogP contribution in [0.4, 0.5) is 0 Å². The number of rotatable bonds is 34. The molecule has 2 saturated heterocycles. The van der Waals surface area contributed by atoms with Gasteiger partial charge < -0.3 is 19.1 Å². The van der Waals surface area contributed by atoms with Crippen molar-refractivity contribution < 1.29 is 28.6 Å². The van der Waals surface area contributed by atoms with E-state index in [9.17, 15) is 14.4 Å². The Morgan fingerprint density at radius 3 is 1.63 bits per heavy atom. The van der Waals surface area contributed by atoms with Crippen molar-refractivity contribution in [2.45, 2.75) is 239 Å². The van der Waals surface area contributed by atoms with E-state index >= 15 is 0 Å². The zero-order chi connectivity index (χ0) is 38.8. The summed E-state index contributed by atoms with van der Waals surface area (Å²) >= 11 is 0. The molecule has 7 atom stereocenters. The quantitative estimate of drug-likeness (QED) is 0.0369. The van der Waals surface area contributed by atoms with Crippen molar-refractivity contribution in [2.75, 3.05) is 19.8 Å². The summed E-state index contributed by atoms with van der Waals surface area (Å²) in [4.78, 5) is 41.6. The van der Waals surface area contributed by atoms with Gasteiger partial charge in [-0.2, -0.15) is 0 Å². The second kappa shape index (κ2) is 28.7. The summed E-state index contributed by atoms with van der Waals surface area (Å²) in [6.07, 6.45) is 33.5. The Kier molecular flexibility index (Phi) is 24.9. The van der Waals surface area contributed by atoms with Gasteiger partial charge in [-0.25, -0.2) is 0 Å². The van der Waals surface area contributed by atoms with Gasteiger partial charge in [0.05, 0.1) is 37.3 Å². The first-order valence-corrected chi connectivity index (χ1v) is 23.7. The fraction of sp³-hybridized carbons (Fsp3) is 0.936. The third kappa shape index (κ3) is 18.5. The van der Waals surface area contributed by atoms with Crippen LogP contribution < -0.4 is 0 Å². The van der Waals surface area contributed by atoms with Crippen LogP contribution in [0.25, 0.3) is 0 Å². The van der Waals surface area contributed by atoms with Crippen LogP contribution in [0.1, 0.15) is 220 Å². The standard InChI is InChI=1S/C47H85NO6/c1-5-9-11-13-15-16-18-20-36-52-46(50)39(26-21-25-38(7-3)41-32-33-43-44(37-41)54-43)27-22-28-40(47(51)53-35-19-17-14-12-10-6-2)29-23-30-42(8-4)48-34-24-31-45(48)49/h38-44H,5-37H2,1-4H3. The maximum Gasteiger partial charge on any atom is 0.308 e. The number of epoxide rings is 1. The minimum Gasteiger partial charge on any atom is -0.465 e. The number of likely N-dealkylation sites (tertiary alicyclic amines) is 1. The molecule has 3 rings (SSSR count). The molecule has 0 aromatic heterocycles. The Labute approximate surface area is 332 Å². The molecule has 54 heavy (non-hydrogen) atoms. The van der Waals surface area contributed by atoms with Crippen molar-refractivity contribution in [1.82, 2.24) is 4.90 Å². The molecule has 2 heterocycles. The molecule has 3 fully saturated rings. The number of hydrogen-bond donors (Lipinski definition) is 0. The van der Waals surface area contributed by atoms with E-state index in [1.165, 1.54) is 96.3 Å². The third-order valence-corrected chi connectivity index (χ3v) is 13.2. The van der Waals surface area contributed by atoms with E-state index in [0.717, 1.165) is 102 Å². The number of hydrogen-bond acceptors (Lipinski definition) is 6. The molecule has 1 aliphatic carbocycles. The Balaban J connectivity index is 1.52. The van der Waals surface area contributed by atoms with Crippen LogP contribution in [-0.2, 0) is 28.6 Å². The average Bonchev–Trinajstić information content (AvgIpc) is 3.84. The van der Waals surface area contributed by atoms with Crippen molar-refractivity contribution in [3.63, 3.8) is 0 Å². The Bertz CT molecular complexity index is 1000. The lowest BCUT2D eigenvalue weighted by Gasteiger charge is -2.28. The molecule has 0 spiro atoms. The van der Waals surface area contributed by atoms with E-state index in [1.54, 1.807) is 0 Å². The van der Waals surface area contributed by atoms with E-state index in [-0.39, 0.29) is 35.7 Å². The average molecular weight is 760 g/mol. The molecule has 7 unspecified atom stereocenters. The lowest BCUT2D eigenvalue weighted by molar-refractivity contribution is -0.149. The second-order valence-corrected chi connectivity index (χ2v) is 17.5. The molecule has 3 aliphatic rings. The fourth-order valence-electron chi connectivity index (χ4n) is 9.57. The van der Waals surface area contributed by atoms with Gasteiger partial charge in [0.2, 0.25) is 5.91 Å². The summed E-state index contributed by atoms with van der Waals surface area (Å²) in [7, 11) is 0. The zero-order valence-electron chi connectivity index (χ0n) is 35.8. The first kappa shape index (κ1) is 46.8. The van der Waals surface area contributed by atoms with Crippen molar-refractivity contribution >= 4 is 17.8 Å². The molecule has 7 nitrogen and oxygen atoms in total. The van der Waals surface area contributed by atoms with Crippen molar-refractivity contribution in [1.29, 1.82) is 0 Å². The minimum absolute atomic E-state index is 0.0267. The van der Waals surface area contributed by atoms with Gasteiger partial charge >= 0.3 is 11.9 Å². The summed E-state index contributed by atoms with van der Waals surface area (Å²) in [5.74, 6) is 1.39. The molecule has 0 N–H and O–H groups in total. The topological polar surface area (TPSA) is 85.4 Å². The molecule has 1 saturated carbocycles. The molecule has 314 valence electrons. The molecule has 0 aromatic carbocycles. The number of carbonyl (C=O) groups excluding carboxylic acids is 3. The fourth-order valence-corrected chi connectivity index (χ4v) is 9.57. The molecular weight excluding hydrogens is 675 g/mol. The highest BCUT2D eigenvalue weighted by Crippen LogP contribution is 2.44. The summed E-state index contributed by atoms with van der Waals surface area (Å²) in [6, 6.07) is 0.263. The predicted molar refractivity (Wildman–Crippen MR) is 221 cm³/mol. The van der Waals surface area contributed by atoms with E-state index in [2.05, 4.69) is 32.6 Å². The Morgan fingerprint density at radius 2 is 1.15 bits per heavy atom. The number of nitrogens with zero attached hydrogens (tertiary/aromatic N) is 1. The summed E-state index contributed by atoms with van der Waals surface area (Å²) in [6.45, 7) is 10.9. The normalized spacial score (nSPS) is 21.7. The number of ether oxygens (including phenoxy) is 3. The highest BCUT2D eigenvalue weighted by Gasteiger charge is 2.45. The molecular formula is C47H85NO6. The van der Waals surface area contributed by atoms with Gasteiger partial charge in [0.25, 0.3) is 0 Å². The van der Waals surface area contributed by atoms with Crippen LogP contribution >= 0.6 is 0 Å². The van der Waals surface area contributed by atoms with Crippen LogP contribution in [0, 0.1) is 23.7 Å². The monoisotopic (exact) mass is 760 g/mol. The first-order chi connectivity index (χ1) is 26.4. The number of amides is 1.